The first-order valence-electron chi connectivity index (χ1n) is 7.07. The lowest BCUT2D eigenvalue weighted by atomic mass is 10.1. The number of aliphatic hydroxyl groups excluding tert-OH is 1. The van der Waals surface area contributed by atoms with E-state index in [0.717, 1.165) is 19.3 Å². The van der Waals surface area contributed by atoms with E-state index in [1.165, 1.54) is 6.07 Å². The summed E-state index contributed by atoms with van der Waals surface area (Å²) in [7, 11) is -3.70. The summed E-state index contributed by atoms with van der Waals surface area (Å²) in [6.45, 7) is 1.68. The van der Waals surface area contributed by atoms with E-state index in [1.54, 1.807) is 13.0 Å². The van der Waals surface area contributed by atoms with Crippen molar-refractivity contribution in [3.05, 3.63) is 22.2 Å². The highest BCUT2D eigenvalue weighted by Crippen LogP contribution is 2.27. The van der Waals surface area contributed by atoms with Gasteiger partial charge in [0.25, 0.3) is 0 Å². The molecule has 0 spiro atoms. The first-order valence-corrected chi connectivity index (χ1v) is 9.35. The molecule has 0 heterocycles. The molecule has 1 saturated carbocycles. The van der Waals surface area contributed by atoms with E-state index in [9.17, 15) is 13.5 Å². The highest BCUT2D eigenvalue weighted by Gasteiger charge is 2.28. The monoisotopic (exact) mass is 376 g/mol. The van der Waals surface area contributed by atoms with Crippen LogP contribution in [-0.2, 0) is 10.0 Å². The van der Waals surface area contributed by atoms with Crippen LogP contribution in [0, 0.1) is 6.92 Å². The lowest BCUT2D eigenvalue weighted by molar-refractivity contribution is 0.130. The molecule has 2 atom stereocenters. The van der Waals surface area contributed by atoms with Crippen LogP contribution in [0.1, 0.15) is 37.7 Å². The molecule has 0 bridgehead atoms. The summed E-state index contributed by atoms with van der Waals surface area (Å²) in [6, 6.07) is 2.78. The van der Waals surface area contributed by atoms with Gasteiger partial charge in [0.15, 0.2) is 0 Å². The molecule has 1 fully saturated rings. The first-order chi connectivity index (χ1) is 9.81. The van der Waals surface area contributed by atoms with Crippen LogP contribution in [0.3, 0.4) is 0 Å². The van der Waals surface area contributed by atoms with Crippen molar-refractivity contribution < 1.29 is 13.5 Å². The number of anilines is 1. The SMILES string of the molecule is Cc1c(N)cc(Br)cc1S(=O)(=O)NC1CCCCCC1O. The van der Waals surface area contributed by atoms with Gasteiger partial charge in [0, 0.05) is 16.2 Å². The summed E-state index contributed by atoms with van der Waals surface area (Å²) in [5.41, 5.74) is 6.78. The molecule has 1 aromatic carbocycles. The number of benzene rings is 1. The number of nitrogens with one attached hydrogen (secondary N) is 1. The largest absolute Gasteiger partial charge is 0.398 e. The topological polar surface area (TPSA) is 92.4 Å². The molecule has 0 saturated heterocycles. The van der Waals surface area contributed by atoms with Gasteiger partial charge < -0.3 is 10.8 Å². The van der Waals surface area contributed by atoms with Crippen LogP contribution >= 0.6 is 15.9 Å². The van der Waals surface area contributed by atoms with E-state index >= 15 is 0 Å². The van der Waals surface area contributed by atoms with Crippen molar-refractivity contribution in [1.29, 1.82) is 0 Å². The van der Waals surface area contributed by atoms with Crippen LogP contribution in [0.15, 0.2) is 21.5 Å². The Balaban J connectivity index is 2.30. The van der Waals surface area contributed by atoms with Gasteiger partial charge in [-0.1, -0.05) is 35.2 Å². The molecule has 118 valence electrons. The fourth-order valence-electron chi connectivity index (χ4n) is 2.64. The van der Waals surface area contributed by atoms with Gasteiger partial charge in [0.05, 0.1) is 11.0 Å². The average molecular weight is 377 g/mol. The van der Waals surface area contributed by atoms with Crippen molar-refractivity contribution in [3.63, 3.8) is 0 Å². The van der Waals surface area contributed by atoms with Gasteiger partial charge in [-0.2, -0.15) is 0 Å². The maximum atomic E-state index is 12.6. The van der Waals surface area contributed by atoms with E-state index in [0.29, 0.717) is 28.6 Å². The van der Waals surface area contributed by atoms with Gasteiger partial charge in [-0.3, -0.25) is 0 Å². The molecule has 2 unspecified atom stereocenters. The van der Waals surface area contributed by atoms with E-state index in [4.69, 9.17) is 5.73 Å². The highest BCUT2D eigenvalue weighted by molar-refractivity contribution is 9.10. The summed E-state index contributed by atoms with van der Waals surface area (Å²) in [6.07, 6.45) is 3.53. The van der Waals surface area contributed by atoms with E-state index in [2.05, 4.69) is 20.7 Å². The smallest absolute Gasteiger partial charge is 0.241 e. The fourth-order valence-corrected chi connectivity index (χ4v) is 4.87. The number of aliphatic hydroxyl groups is 1. The summed E-state index contributed by atoms with van der Waals surface area (Å²) < 4.78 is 28.4. The minimum absolute atomic E-state index is 0.158. The lowest BCUT2D eigenvalue weighted by Crippen LogP contribution is -2.42. The van der Waals surface area contributed by atoms with Crippen LogP contribution in [0.25, 0.3) is 0 Å². The van der Waals surface area contributed by atoms with E-state index in [-0.39, 0.29) is 4.90 Å². The Kier molecular flexibility index (Phi) is 5.29. The fraction of sp³-hybridized carbons (Fsp3) is 0.571. The van der Waals surface area contributed by atoms with Crippen LogP contribution in [0.4, 0.5) is 5.69 Å². The maximum absolute atomic E-state index is 12.6. The molecule has 0 radical (unpaired) electrons. The summed E-state index contributed by atoms with van der Waals surface area (Å²) in [5, 5.41) is 10.1. The standard InChI is InChI=1S/C14H21BrN2O3S/c1-9-11(16)7-10(15)8-14(9)21(19,20)17-12-5-3-2-4-6-13(12)18/h7-8,12-13,17-18H,2-6,16H2,1H3. The van der Waals surface area contributed by atoms with Crippen LogP contribution in [0.2, 0.25) is 0 Å². The third kappa shape index (κ3) is 3.97. The Morgan fingerprint density at radius 1 is 1.29 bits per heavy atom. The molecule has 4 N–H and O–H groups in total. The molecule has 0 aromatic heterocycles. The molecule has 1 aromatic rings. The van der Waals surface area contributed by atoms with E-state index < -0.39 is 22.2 Å². The number of rotatable bonds is 3. The highest BCUT2D eigenvalue weighted by atomic mass is 79.9. The Hall–Kier alpha value is -0.630. The lowest BCUT2D eigenvalue weighted by Gasteiger charge is -2.22. The number of hydrogen-bond acceptors (Lipinski definition) is 4. The summed E-state index contributed by atoms with van der Waals surface area (Å²) in [4.78, 5) is 0.158. The summed E-state index contributed by atoms with van der Waals surface area (Å²) >= 11 is 3.27. The number of halogens is 1. The molecular weight excluding hydrogens is 356 g/mol. The minimum Gasteiger partial charge on any atom is -0.398 e. The second-order valence-corrected chi connectivity index (χ2v) is 8.15. The van der Waals surface area contributed by atoms with Crippen molar-refractivity contribution >= 4 is 31.6 Å². The minimum atomic E-state index is -3.70. The number of nitrogen functional groups attached to an aromatic ring is 1. The molecule has 5 nitrogen and oxygen atoms in total. The molecule has 0 amide bonds. The number of sulfonamides is 1. The van der Waals surface area contributed by atoms with Gasteiger partial charge in [0.1, 0.15) is 0 Å². The molecule has 21 heavy (non-hydrogen) atoms. The van der Waals surface area contributed by atoms with Crippen LogP contribution in [0.5, 0.6) is 0 Å². The van der Waals surface area contributed by atoms with E-state index in [1.807, 2.05) is 0 Å². The zero-order valence-electron chi connectivity index (χ0n) is 12.0. The molecular formula is C14H21BrN2O3S. The van der Waals surface area contributed by atoms with Crippen molar-refractivity contribution in [2.75, 3.05) is 5.73 Å². The van der Waals surface area contributed by atoms with Crippen molar-refractivity contribution in [3.8, 4) is 0 Å². The third-order valence-corrected chi connectivity index (χ3v) is 6.01. The second-order valence-electron chi connectivity index (χ2n) is 5.55. The third-order valence-electron chi connectivity index (χ3n) is 3.94. The second kappa shape index (κ2) is 6.64. The Bertz CT molecular complexity index is 619. The number of nitrogens with two attached hydrogens (primary N) is 1. The maximum Gasteiger partial charge on any atom is 0.241 e. The molecule has 1 aliphatic carbocycles. The van der Waals surface area contributed by atoms with Gasteiger partial charge in [-0.05, 0) is 37.5 Å². The van der Waals surface area contributed by atoms with Crippen molar-refractivity contribution in [2.45, 2.75) is 56.1 Å². The predicted octanol–water partition coefficient (Wildman–Crippen LogP) is 2.31. The zero-order valence-corrected chi connectivity index (χ0v) is 14.4. The molecule has 7 heteroatoms. The Morgan fingerprint density at radius 3 is 2.67 bits per heavy atom. The van der Waals surface area contributed by atoms with Gasteiger partial charge in [0.2, 0.25) is 10.0 Å². The Morgan fingerprint density at radius 2 is 1.95 bits per heavy atom. The molecule has 2 rings (SSSR count). The zero-order chi connectivity index (χ0) is 15.6. The van der Waals surface area contributed by atoms with Gasteiger partial charge >= 0.3 is 0 Å². The summed E-state index contributed by atoms with van der Waals surface area (Å²) in [5.74, 6) is 0. The molecule has 0 aliphatic heterocycles. The first kappa shape index (κ1) is 16.7. The van der Waals surface area contributed by atoms with Crippen molar-refractivity contribution in [2.24, 2.45) is 0 Å². The quantitative estimate of drug-likeness (QED) is 0.557. The molecule has 1 aliphatic rings. The number of hydrogen-bond donors (Lipinski definition) is 3. The van der Waals surface area contributed by atoms with Crippen molar-refractivity contribution in [1.82, 2.24) is 4.72 Å². The van der Waals surface area contributed by atoms with Gasteiger partial charge in [-0.15, -0.1) is 0 Å². The van der Waals surface area contributed by atoms with Crippen LogP contribution in [-0.4, -0.2) is 25.7 Å². The normalized spacial score (nSPS) is 23.8. The predicted molar refractivity (Wildman–Crippen MR) is 86.5 cm³/mol. The Labute approximate surface area is 134 Å². The average Bonchev–Trinajstić information content (AvgIpc) is 2.59. The van der Waals surface area contributed by atoms with Crippen LogP contribution < -0.4 is 10.5 Å². The van der Waals surface area contributed by atoms with Gasteiger partial charge in [-0.25, -0.2) is 13.1 Å².